The predicted octanol–water partition coefficient (Wildman–Crippen LogP) is 6.09. The number of rotatable bonds is 8. The van der Waals surface area contributed by atoms with Gasteiger partial charge in [0.15, 0.2) is 5.16 Å². The van der Waals surface area contributed by atoms with Crippen molar-refractivity contribution in [1.29, 1.82) is 0 Å². The van der Waals surface area contributed by atoms with E-state index >= 15 is 0 Å². The number of thiophene rings is 1. The van der Waals surface area contributed by atoms with E-state index in [0.29, 0.717) is 35.0 Å². The topological polar surface area (TPSA) is 61.2 Å². The lowest BCUT2D eigenvalue weighted by Gasteiger charge is -2.11. The van der Waals surface area contributed by atoms with Gasteiger partial charge in [-0.25, -0.2) is 9.78 Å². The van der Waals surface area contributed by atoms with Crippen molar-refractivity contribution in [2.24, 2.45) is 0 Å². The number of thioether (sulfide) groups is 1. The second-order valence-corrected chi connectivity index (χ2v) is 9.30. The highest BCUT2D eigenvalue weighted by Crippen LogP contribution is 2.33. The van der Waals surface area contributed by atoms with Gasteiger partial charge in [-0.15, -0.1) is 17.9 Å². The molecule has 2 aromatic heterocycles. The van der Waals surface area contributed by atoms with E-state index in [4.69, 9.17) is 9.72 Å². The lowest BCUT2D eigenvalue weighted by Crippen LogP contribution is -2.22. The third-order valence-electron chi connectivity index (χ3n) is 5.14. The summed E-state index contributed by atoms with van der Waals surface area (Å²) in [6.07, 6.45) is 1.71. The molecule has 5 nitrogen and oxygen atoms in total. The van der Waals surface area contributed by atoms with E-state index < -0.39 is 0 Å². The first-order valence-electron chi connectivity index (χ1n) is 10.6. The number of fused-ring (bicyclic) bond motifs is 1. The van der Waals surface area contributed by atoms with Crippen LogP contribution in [0.5, 0.6) is 0 Å². The van der Waals surface area contributed by atoms with Crippen molar-refractivity contribution >= 4 is 39.3 Å². The average molecular weight is 477 g/mol. The van der Waals surface area contributed by atoms with E-state index in [-0.39, 0.29) is 11.5 Å². The maximum Gasteiger partial charge on any atom is 0.338 e. The minimum Gasteiger partial charge on any atom is -0.462 e. The molecule has 0 amide bonds. The highest BCUT2D eigenvalue weighted by atomic mass is 32.2. The summed E-state index contributed by atoms with van der Waals surface area (Å²) >= 11 is 2.95. The number of aromatic nitrogens is 2. The quantitative estimate of drug-likeness (QED) is 0.133. The van der Waals surface area contributed by atoms with Gasteiger partial charge in [-0.3, -0.25) is 9.36 Å². The van der Waals surface area contributed by atoms with Crippen LogP contribution in [0.2, 0.25) is 0 Å². The van der Waals surface area contributed by atoms with Crippen LogP contribution in [0.25, 0.3) is 21.3 Å². The van der Waals surface area contributed by atoms with E-state index in [9.17, 15) is 9.59 Å². The molecule has 0 aliphatic carbocycles. The van der Waals surface area contributed by atoms with Crippen LogP contribution in [-0.2, 0) is 17.0 Å². The van der Waals surface area contributed by atoms with Crippen LogP contribution >= 0.6 is 23.1 Å². The van der Waals surface area contributed by atoms with Crippen molar-refractivity contribution in [2.45, 2.75) is 31.3 Å². The molecule has 4 rings (SSSR count). The van der Waals surface area contributed by atoms with Crippen LogP contribution in [0, 0.1) is 6.92 Å². The molecule has 2 heterocycles. The second-order valence-electron chi connectivity index (χ2n) is 7.50. The number of carbonyl (C=O) groups is 1. The van der Waals surface area contributed by atoms with Gasteiger partial charge >= 0.3 is 5.97 Å². The van der Waals surface area contributed by atoms with Gasteiger partial charge in [0.05, 0.1) is 17.6 Å². The Balaban J connectivity index is 1.69. The Bertz CT molecular complexity index is 1370. The molecule has 2 aromatic carbocycles. The first kappa shape index (κ1) is 23.0. The summed E-state index contributed by atoms with van der Waals surface area (Å²) < 4.78 is 6.76. The lowest BCUT2D eigenvalue weighted by molar-refractivity contribution is 0.0526. The summed E-state index contributed by atoms with van der Waals surface area (Å²) in [5, 5.41) is 3.27. The Labute approximate surface area is 200 Å². The molecule has 0 bridgehead atoms. The minimum absolute atomic E-state index is 0.0699. The lowest BCUT2D eigenvalue weighted by atomic mass is 10.1. The number of hydrogen-bond donors (Lipinski definition) is 0. The van der Waals surface area contributed by atoms with Crippen LogP contribution in [-0.4, -0.2) is 22.1 Å². The summed E-state index contributed by atoms with van der Waals surface area (Å²) in [6, 6.07) is 15.5. The zero-order valence-electron chi connectivity index (χ0n) is 18.5. The number of ether oxygens (including phenoxy) is 1. The van der Waals surface area contributed by atoms with Crippen LogP contribution in [0.4, 0.5) is 0 Å². The van der Waals surface area contributed by atoms with Crippen molar-refractivity contribution in [2.75, 3.05) is 6.61 Å². The van der Waals surface area contributed by atoms with Gasteiger partial charge in [-0.05, 0) is 37.1 Å². The van der Waals surface area contributed by atoms with E-state index in [1.165, 1.54) is 28.7 Å². The van der Waals surface area contributed by atoms with Gasteiger partial charge in [0.2, 0.25) is 0 Å². The Hall–Kier alpha value is -3.16. The number of nitrogens with zero attached hydrogens (tertiary/aromatic N) is 2. The Morgan fingerprint density at radius 1 is 1.24 bits per heavy atom. The van der Waals surface area contributed by atoms with Gasteiger partial charge in [0.1, 0.15) is 4.83 Å². The van der Waals surface area contributed by atoms with Crippen molar-refractivity contribution in [1.82, 2.24) is 9.55 Å². The summed E-state index contributed by atoms with van der Waals surface area (Å²) in [5.41, 5.74) is 4.49. The molecular weight excluding hydrogens is 452 g/mol. The molecule has 7 heteroatoms. The molecule has 0 atom stereocenters. The fraction of sp³-hybridized carbons (Fsp3) is 0.192. The molecular formula is C26H24N2O3S2. The first-order chi connectivity index (χ1) is 16.0. The summed E-state index contributed by atoms with van der Waals surface area (Å²) in [7, 11) is 0. The van der Waals surface area contributed by atoms with Crippen LogP contribution in [0.15, 0.2) is 76.5 Å². The molecule has 0 aliphatic heterocycles. The molecule has 33 heavy (non-hydrogen) atoms. The first-order valence-corrected chi connectivity index (χ1v) is 12.5. The van der Waals surface area contributed by atoms with Crippen molar-refractivity contribution in [3.8, 4) is 11.1 Å². The molecule has 4 aromatic rings. The summed E-state index contributed by atoms with van der Waals surface area (Å²) in [6.45, 7) is 8.35. The number of benzene rings is 2. The van der Waals surface area contributed by atoms with Gasteiger partial charge in [0, 0.05) is 23.2 Å². The van der Waals surface area contributed by atoms with E-state index in [2.05, 4.69) is 6.58 Å². The zero-order valence-corrected chi connectivity index (χ0v) is 20.2. The van der Waals surface area contributed by atoms with E-state index in [1.54, 1.807) is 23.6 Å². The number of hydrogen-bond acceptors (Lipinski definition) is 6. The third kappa shape index (κ3) is 4.94. The van der Waals surface area contributed by atoms with Crippen molar-refractivity contribution in [3.63, 3.8) is 0 Å². The van der Waals surface area contributed by atoms with Gasteiger partial charge in [-0.1, -0.05) is 59.8 Å². The van der Waals surface area contributed by atoms with E-state index in [1.807, 2.05) is 54.8 Å². The standard InChI is InChI=1S/C26H24N2O3S2/c1-4-13-28-24(29)22-21(19-11-9-17(3)10-12-19)16-32-23(22)27-26(28)33-15-18-7-6-8-20(14-18)25(30)31-5-2/h4,6-12,14,16H,1,5,13,15H2,2-3H3. The molecule has 0 saturated heterocycles. The van der Waals surface area contributed by atoms with Gasteiger partial charge < -0.3 is 4.74 Å². The molecule has 0 N–H and O–H groups in total. The van der Waals surface area contributed by atoms with Crippen LogP contribution in [0.3, 0.4) is 0 Å². The second kappa shape index (κ2) is 10.2. The maximum atomic E-state index is 13.5. The highest BCUT2D eigenvalue weighted by molar-refractivity contribution is 7.98. The maximum absolute atomic E-state index is 13.5. The fourth-order valence-electron chi connectivity index (χ4n) is 3.50. The number of carbonyl (C=O) groups excluding carboxylic acids is 1. The summed E-state index contributed by atoms with van der Waals surface area (Å²) in [5.74, 6) is 0.230. The number of esters is 1. The predicted molar refractivity (Wildman–Crippen MR) is 136 cm³/mol. The third-order valence-corrected chi connectivity index (χ3v) is 7.06. The largest absolute Gasteiger partial charge is 0.462 e. The van der Waals surface area contributed by atoms with Crippen molar-refractivity contribution in [3.05, 3.63) is 93.6 Å². The Morgan fingerprint density at radius 3 is 2.76 bits per heavy atom. The smallest absolute Gasteiger partial charge is 0.338 e. The summed E-state index contributed by atoms with van der Waals surface area (Å²) in [4.78, 5) is 31.1. The molecule has 0 spiro atoms. The van der Waals surface area contributed by atoms with Crippen LogP contribution in [0.1, 0.15) is 28.4 Å². The zero-order chi connectivity index (χ0) is 23.4. The SMILES string of the molecule is C=CCn1c(SCc2cccc(C(=O)OCC)c2)nc2scc(-c3ccc(C)cc3)c2c1=O. The van der Waals surface area contributed by atoms with Crippen LogP contribution < -0.4 is 5.56 Å². The highest BCUT2D eigenvalue weighted by Gasteiger charge is 2.17. The monoisotopic (exact) mass is 476 g/mol. The van der Waals surface area contributed by atoms with Crippen molar-refractivity contribution < 1.29 is 9.53 Å². The molecule has 0 unspecified atom stereocenters. The fourth-order valence-corrected chi connectivity index (χ4v) is 5.44. The number of allylic oxidation sites excluding steroid dienone is 1. The molecule has 0 saturated carbocycles. The van der Waals surface area contributed by atoms with E-state index in [0.717, 1.165) is 21.5 Å². The molecule has 0 fully saturated rings. The molecule has 0 radical (unpaired) electrons. The Morgan fingerprint density at radius 2 is 2.03 bits per heavy atom. The van der Waals surface area contributed by atoms with Gasteiger partial charge in [-0.2, -0.15) is 0 Å². The Kier molecular flexibility index (Phi) is 7.11. The minimum atomic E-state index is -0.338. The van der Waals surface area contributed by atoms with Gasteiger partial charge in [0.25, 0.3) is 5.56 Å². The normalized spacial score (nSPS) is 11.0. The molecule has 168 valence electrons. The molecule has 0 aliphatic rings. The number of aryl methyl sites for hydroxylation is 1. The average Bonchev–Trinajstić information content (AvgIpc) is 3.25.